The zero-order chi connectivity index (χ0) is 14.2. The second-order valence-electron chi connectivity index (χ2n) is 5.68. The van der Waals surface area contributed by atoms with Gasteiger partial charge in [-0.05, 0) is 18.4 Å². The first-order valence-corrected chi connectivity index (χ1v) is 8.85. The molecule has 20 heavy (non-hydrogen) atoms. The van der Waals surface area contributed by atoms with Crippen LogP contribution in [0, 0.1) is 5.92 Å². The molecular weight excluding hydrogens is 274 g/mol. The van der Waals surface area contributed by atoms with E-state index < -0.39 is 15.1 Å². The predicted octanol–water partition coefficient (Wildman–Crippen LogP) is 1.78. The first-order chi connectivity index (χ1) is 9.58. The maximum atomic E-state index is 12.3. The van der Waals surface area contributed by atoms with Gasteiger partial charge in [0.1, 0.15) is 5.25 Å². The molecule has 1 heterocycles. The molecule has 1 amide bonds. The molecule has 1 saturated heterocycles. The van der Waals surface area contributed by atoms with Gasteiger partial charge in [-0.2, -0.15) is 0 Å². The summed E-state index contributed by atoms with van der Waals surface area (Å²) >= 11 is 0. The number of hydrogen-bond acceptors (Lipinski definition) is 3. The van der Waals surface area contributed by atoms with Crippen LogP contribution >= 0.6 is 0 Å². The molecule has 1 aliphatic carbocycles. The molecule has 1 aromatic carbocycles. The third kappa shape index (κ3) is 2.46. The van der Waals surface area contributed by atoms with E-state index in [4.69, 9.17) is 0 Å². The molecule has 4 nitrogen and oxygen atoms in total. The lowest BCUT2D eigenvalue weighted by molar-refractivity contribution is -0.138. The zero-order valence-electron chi connectivity index (χ0n) is 11.4. The van der Waals surface area contributed by atoms with Crippen LogP contribution in [0.2, 0.25) is 0 Å². The van der Waals surface area contributed by atoms with Crippen LogP contribution in [0.15, 0.2) is 30.3 Å². The highest BCUT2D eigenvalue weighted by atomic mass is 32.2. The molecule has 1 unspecified atom stereocenters. The Kier molecular flexibility index (Phi) is 3.54. The Morgan fingerprint density at radius 1 is 1.15 bits per heavy atom. The van der Waals surface area contributed by atoms with Gasteiger partial charge in [-0.15, -0.1) is 0 Å². The summed E-state index contributed by atoms with van der Waals surface area (Å²) in [7, 11) is -3.15. The molecule has 2 aliphatic rings. The van der Waals surface area contributed by atoms with Gasteiger partial charge >= 0.3 is 0 Å². The van der Waals surface area contributed by atoms with Crippen molar-refractivity contribution >= 4 is 15.7 Å². The minimum atomic E-state index is -3.15. The van der Waals surface area contributed by atoms with Gasteiger partial charge in [0.25, 0.3) is 0 Å². The standard InChI is InChI=1S/C15H19NO3S/c17-15(13-7-4-8-13)16-9-10-20(18,19)14(11-16)12-5-2-1-3-6-12/h1-3,5-6,13-14H,4,7-11H2. The van der Waals surface area contributed by atoms with Gasteiger partial charge < -0.3 is 4.90 Å². The lowest BCUT2D eigenvalue weighted by Crippen LogP contribution is -2.48. The van der Waals surface area contributed by atoms with Crippen molar-refractivity contribution in [3.05, 3.63) is 35.9 Å². The highest BCUT2D eigenvalue weighted by molar-refractivity contribution is 7.91. The van der Waals surface area contributed by atoms with Crippen LogP contribution in [0.5, 0.6) is 0 Å². The number of hydrogen-bond donors (Lipinski definition) is 0. The largest absolute Gasteiger partial charge is 0.340 e. The highest BCUT2D eigenvalue weighted by Crippen LogP contribution is 2.32. The van der Waals surface area contributed by atoms with E-state index in [1.807, 2.05) is 30.3 Å². The fraction of sp³-hybridized carbons (Fsp3) is 0.533. The van der Waals surface area contributed by atoms with Crippen LogP contribution in [0.1, 0.15) is 30.1 Å². The van der Waals surface area contributed by atoms with E-state index in [1.54, 1.807) is 4.90 Å². The van der Waals surface area contributed by atoms with Gasteiger partial charge in [0.15, 0.2) is 9.84 Å². The topological polar surface area (TPSA) is 54.5 Å². The molecule has 1 aliphatic heterocycles. The van der Waals surface area contributed by atoms with Gasteiger partial charge in [0.05, 0.1) is 5.75 Å². The summed E-state index contributed by atoms with van der Waals surface area (Å²) in [5, 5.41) is -0.568. The van der Waals surface area contributed by atoms with Crippen LogP contribution in [-0.2, 0) is 14.6 Å². The predicted molar refractivity (Wildman–Crippen MR) is 76.9 cm³/mol. The molecule has 0 N–H and O–H groups in total. The van der Waals surface area contributed by atoms with Crippen LogP contribution in [0.25, 0.3) is 0 Å². The Morgan fingerprint density at radius 2 is 1.85 bits per heavy atom. The molecule has 2 fully saturated rings. The lowest BCUT2D eigenvalue weighted by atomic mass is 9.84. The second kappa shape index (κ2) is 5.20. The summed E-state index contributed by atoms with van der Waals surface area (Å²) in [5.41, 5.74) is 0.790. The van der Waals surface area contributed by atoms with Crippen LogP contribution < -0.4 is 0 Å². The van der Waals surface area contributed by atoms with Crippen LogP contribution in [0.3, 0.4) is 0 Å². The van der Waals surface area contributed by atoms with Gasteiger partial charge in [-0.1, -0.05) is 36.8 Å². The average molecular weight is 293 g/mol. The Bertz CT molecular complexity index is 593. The van der Waals surface area contributed by atoms with Gasteiger partial charge in [-0.3, -0.25) is 4.79 Å². The number of carbonyl (C=O) groups is 1. The second-order valence-corrected chi connectivity index (χ2v) is 7.98. The van der Waals surface area contributed by atoms with Gasteiger partial charge in [0, 0.05) is 19.0 Å². The normalized spacial score (nSPS) is 26.0. The summed E-state index contributed by atoms with van der Waals surface area (Å²) in [5.74, 6) is 0.352. The first-order valence-electron chi connectivity index (χ1n) is 7.13. The van der Waals surface area contributed by atoms with E-state index >= 15 is 0 Å². The molecule has 3 rings (SSSR count). The van der Waals surface area contributed by atoms with Gasteiger partial charge in [0.2, 0.25) is 5.91 Å². The SMILES string of the molecule is O=C(C1CCC1)N1CCS(=O)(=O)C(c2ccccc2)C1. The summed E-state index contributed by atoms with van der Waals surface area (Å²) in [6, 6.07) is 9.23. The summed E-state index contributed by atoms with van der Waals surface area (Å²) in [4.78, 5) is 14.1. The van der Waals surface area contributed by atoms with E-state index in [-0.39, 0.29) is 17.6 Å². The molecule has 0 bridgehead atoms. The zero-order valence-corrected chi connectivity index (χ0v) is 12.2. The third-order valence-electron chi connectivity index (χ3n) is 4.40. The number of benzene rings is 1. The minimum absolute atomic E-state index is 0.0744. The van der Waals surface area contributed by atoms with Crippen LogP contribution in [-0.4, -0.2) is 38.1 Å². The lowest BCUT2D eigenvalue weighted by Gasteiger charge is -2.37. The van der Waals surface area contributed by atoms with Crippen molar-refractivity contribution in [2.75, 3.05) is 18.8 Å². The molecule has 5 heteroatoms. The smallest absolute Gasteiger partial charge is 0.225 e. The Morgan fingerprint density at radius 3 is 2.45 bits per heavy atom. The molecule has 1 aromatic rings. The van der Waals surface area contributed by atoms with Crippen molar-refractivity contribution in [3.63, 3.8) is 0 Å². The molecule has 0 spiro atoms. The quantitative estimate of drug-likeness (QED) is 0.835. The average Bonchev–Trinajstić information content (AvgIpc) is 2.37. The van der Waals surface area contributed by atoms with E-state index in [2.05, 4.69) is 0 Å². The number of sulfone groups is 1. The Balaban J connectivity index is 1.81. The number of nitrogens with zero attached hydrogens (tertiary/aromatic N) is 1. The van der Waals surface area contributed by atoms with Crippen molar-refractivity contribution in [1.29, 1.82) is 0 Å². The highest BCUT2D eigenvalue weighted by Gasteiger charge is 2.38. The molecule has 108 valence electrons. The van der Waals surface area contributed by atoms with E-state index in [1.165, 1.54) is 0 Å². The number of carbonyl (C=O) groups excluding carboxylic acids is 1. The fourth-order valence-corrected chi connectivity index (χ4v) is 4.62. The maximum absolute atomic E-state index is 12.3. The Labute approximate surface area is 119 Å². The van der Waals surface area contributed by atoms with E-state index in [0.29, 0.717) is 13.1 Å². The minimum Gasteiger partial charge on any atom is -0.340 e. The monoisotopic (exact) mass is 293 g/mol. The molecule has 0 radical (unpaired) electrons. The molecule has 1 atom stereocenters. The molecule has 1 saturated carbocycles. The fourth-order valence-electron chi connectivity index (χ4n) is 2.88. The van der Waals surface area contributed by atoms with Crippen molar-refractivity contribution in [3.8, 4) is 0 Å². The molecular formula is C15H19NO3S. The van der Waals surface area contributed by atoms with E-state index in [0.717, 1.165) is 24.8 Å². The van der Waals surface area contributed by atoms with Crippen LogP contribution in [0.4, 0.5) is 0 Å². The number of amides is 1. The molecule has 0 aromatic heterocycles. The Hall–Kier alpha value is -1.36. The number of rotatable bonds is 2. The van der Waals surface area contributed by atoms with Crippen molar-refractivity contribution in [2.45, 2.75) is 24.5 Å². The maximum Gasteiger partial charge on any atom is 0.225 e. The summed E-state index contributed by atoms with van der Waals surface area (Å²) in [6.45, 7) is 0.655. The third-order valence-corrected chi connectivity index (χ3v) is 6.44. The summed E-state index contributed by atoms with van der Waals surface area (Å²) in [6.07, 6.45) is 3.03. The van der Waals surface area contributed by atoms with Crippen molar-refractivity contribution < 1.29 is 13.2 Å². The van der Waals surface area contributed by atoms with Gasteiger partial charge in [-0.25, -0.2) is 8.42 Å². The van der Waals surface area contributed by atoms with Crippen molar-refractivity contribution in [1.82, 2.24) is 4.90 Å². The first kappa shape index (κ1) is 13.6. The summed E-state index contributed by atoms with van der Waals surface area (Å²) < 4.78 is 24.5. The van der Waals surface area contributed by atoms with Crippen molar-refractivity contribution in [2.24, 2.45) is 5.92 Å². The van der Waals surface area contributed by atoms with E-state index in [9.17, 15) is 13.2 Å².